The number of carbonyl (C=O) groups is 1. The van der Waals surface area contributed by atoms with E-state index >= 15 is 0 Å². The lowest BCUT2D eigenvalue weighted by Gasteiger charge is -2.39. The Kier molecular flexibility index (Phi) is 14.6. The van der Waals surface area contributed by atoms with Crippen molar-refractivity contribution in [2.75, 3.05) is 68.3 Å². The van der Waals surface area contributed by atoms with Crippen LogP contribution in [0.1, 0.15) is 68.3 Å². The molecular weight excluding hydrogens is 927 g/mol. The number of fused-ring (bicyclic) bond motifs is 2. The zero-order valence-corrected chi connectivity index (χ0v) is 40.4. The van der Waals surface area contributed by atoms with Crippen LogP contribution in [0.3, 0.4) is 0 Å². The lowest BCUT2D eigenvalue weighted by atomic mass is 9.72. The Hall–Kier alpha value is -4.06. The molecule has 1 amide bonds. The number of nitrogens with zero attached hydrogens (tertiary/aromatic N) is 3. The second-order valence-electron chi connectivity index (χ2n) is 18.9. The second kappa shape index (κ2) is 19.9. The summed E-state index contributed by atoms with van der Waals surface area (Å²) in [7, 11) is -10.9. The van der Waals surface area contributed by atoms with E-state index in [9.17, 15) is 34.8 Å². The number of hydrogen-bond donors (Lipinski definition) is 2. The highest BCUT2D eigenvalue weighted by molar-refractivity contribution is 7.99. The zero-order valence-electron chi connectivity index (χ0n) is 37.2. The number of carbonyl (C=O) groups excluding carboxylic acids is 1. The van der Waals surface area contributed by atoms with Crippen molar-refractivity contribution in [2.45, 2.75) is 78.6 Å². The summed E-state index contributed by atoms with van der Waals surface area (Å²) in [6.45, 7) is 11.7. The van der Waals surface area contributed by atoms with Crippen molar-refractivity contribution in [2.24, 2.45) is 17.3 Å². The number of hydrogen-bond acceptors (Lipinski definition) is 10. The smallest absolute Gasteiger partial charge is 0.380 e. The summed E-state index contributed by atoms with van der Waals surface area (Å²) >= 11 is 7.70. The Morgan fingerprint density at radius 2 is 1.61 bits per heavy atom. The predicted octanol–water partition coefficient (Wildman–Crippen LogP) is 9.84. The third-order valence-corrected chi connectivity index (χ3v) is 17.9. The SMILES string of the molecule is CC1(C)CCC(CN2CCN(c3ccc(C(=O)NS(=O)(=O)c4ccc(N[C@H](CCC5CN6CC[C@@H]5C6)CSc5ccccc5)c(S(=O)(=O)C(F)(F)F)c4)cc3)CC2)=C(c2ccc(Cl)cc2)C1. The van der Waals surface area contributed by atoms with Gasteiger partial charge in [0.2, 0.25) is 0 Å². The van der Waals surface area contributed by atoms with E-state index in [-0.39, 0.29) is 16.7 Å². The van der Waals surface area contributed by atoms with Crippen LogP contribution in [0.5, 0.6) is 0 Å². The van der Waals surface area contributed by atoms with Crippen LogP contribution < -0.4 is 14.9 Å². The molecule has 1 aliphatic carbocycles. The molecule has 0 saturated carbocycles. The summed E-state index contributed by atoms with van der Waals surface area (Å²) in [6, 6.07) is 26.1. The molecule has 2 unspecified atom stereocenters. The van der Waals surface area contributed by atoms with Crippen LogP contribution in [-0.4, -0.2) is 102 Å². The van der Waals surface area contributed by atoms with Gasteiger partial charge in [-0.25, -0.2) is 21.6 Å². The van der Waals surface area contributed by atoms with E-state index in [1.165, 1.54) is 40.6 Å². The zero-order chi connectivity index (χ0) is 46.9. The Balaban J connectivity index is 0.929. The molecule has 4 aliphatic rings. The first kappa shape index (κ1) is 48.4. The number of alkyl halides is 3. The van der Waals surface area contributed by atoms with E-state index in [0.717, 1.165) is 107 Å². The number of benzene rings is 4. The van der Waals surface area contributed by atoms with Crippen LogP contribution in [0.15, 0.2) is 117 Å². The highest BCUT2D eigenvalue weighted by Gasteiger charge is 2.49. The Morgan fingerprint density at radius 1 is 0.894 bits per heavy atom. The summed E-state index contributed by atoms with van der Waals surface area (Å²) < 4.78 is 98.1. The summed E-state index contributed by atoms with van der Waals surface area (Å²) in [5.74, 6) is 0.409. The third kappa shape index (κ3) is 11.4. The molecule has 2 N–H and O–H groups in total. The van der Waals surface area contributed by atoms with Gasteiger partial charge in [-0.2, -0.15) is 13.2 Å². The lowest BCUT2D eigenvalue weighted by molar-refractivity contribution is -0.0435. The van der Waals surface area contributed by atoms with Crippen molar-refractivity contribution < 1.29 is 34.8 Å². The van der Waals surface area contributed by atoms with Crippen LogP contribution in [0.2, 0.25) is 5.02 Å². The quantitative estimate of drug-likeness (QED) is 0.105. The Labute approximate surface area is 396 Å². The minimum Gasteiger partial charge on any atom is -0.380 e. The van der Waals surface area contributed by atoms with Crippen molar-refractivity contribution in [3.05, 3.63) is 119 Å². The Bertz CT molecular complexity index is 2630. The van der Waals surface area contributed by atoms with Gasteiger partial charge in [0, 0.05) is 78.8 Å². The molecule has 4 aromatic carbocycles. The van der Waals surface area contributed by atoms with Crippen LogP contribution in [0.4, 0.5) is 24.5 Å². The molecule has 3 saturated heterocycles. The van der Waals surface area contributed by atoms with Gasteiger partial charge in [0.25, 0.3) is 25.8 Å². The fraction of sp³-hybridized carbons (Fsp3) is 0.449. The van der Waals surface area contributed by atoms with Gasteiger partial charge in [-0.05, 0) is 140 Å². The number of allylic oxidation sites excluding steroid dienone is 1. The van der Waals surface area contributed by atoms with Crippen LogP contribution in [-0.2, 0) is 19.9 Å². The van der Waals surface area contributed by atoms with Crippen LogP contribution >= 0.6 is 23.4 Å². The van der Waals surface area contributed by atoms with Gasteiger partial charge < -0.3 is 15.1 Å². The summed E-state index contributed by atoms with van der Waals surface area (Å²) in [4.78, 5) is 19.4. The molecular formula is C49H57ClF3N5O5S3. The molecule has 0 aromatic heterocycles. The number of nitrogens with one attached hydrogen (secondary N) is 2. The van der Waals surface area contributed by atoms with Crippen molar-refractivity contribution in [1.29, 1.82) is 0 Å². The summed E-state index contributed by atoms with van der Waals surface area (Å²) in [5.41, 5.74) is -0.925. The largest absolute Gasteiger partial charge is 0.501 e. The third-order valence-electron chi connectivity index (χ3n) is 13.7. The molecule has 4 aromatic rings. The van der Waals surface area contributed by atoms with Gasteiger partial charge in [-0.3, -0.25) is 9.69 Å². The fourth-order valence-electron chi connectivity index (χ4n) is 9.86. The first-order valence-electron chi connectivity index (χ1n) is 22.6. The number of piperidine rings is 1. The topological polar surface area (TPSA) is 119 Å². The van der Waals surface area contributed by atoms with Crippen molar-refractivity contribution in [3.8, 4) is 0 Å². The number of sulfone groups is 1. The predicted molar refractivity (Wildman–Crippen MR) is 257 cm³/mol. The first-order valence-corrected chi connectivity index (χ1v) is 26.9. The molecule has 10 nitrogen and oxygen atoms in total. The number of rotatable bonds is 16. The lowest BCUT2D eigenvalue weighted by Crippen LogP contribution is -2.47. The average molecular weight is 985 g/mol. The van der Waals surface area contributed by atoms with E-state index in [4.69, 9.17) is 11.6 Å². The van der Waals surface area contributed by atoms with Crippen molar-refractivity contribution in [1.82, 2.24) is 14.5 Å². The van der Waals surface area contributed by atoms with Crippen LogP contribution in [0, 0.1) is 17.3 Å². The average Bonchev–Trinajstić information content (AvgIpc) is 3.92. The van der Waals surface area contributed by atoms with E-state index < -0.39 is 47.1 Å². The van der Waals surface area contributed by atoms with Gasteiger partial charge in [0.05, 0.1) is 10.6 Å². The number of anilines is 2. The van der Waals surface area contributed by atoms with Gasteiger partial charge in [0.15, 0.2) is 0 Å². The van der Waals surface area contributed by atoms with Gasteiger partial charge >= 0.3 is 5.51 Å². The van der Waals surface area contributed by atoms with E-state index in [1.54, 1.807) is 12.1 Å². The number of piperazine rings is 1. The molecule has 3 aliphatic heterocycles. The highest BCUT2D eigenvalue weighted by Crippen LogP contribution is 2.44. The second-order valence-corrected chi connectivity index (χ2v) is 24.0. The summed E-state index contributed by atoms with van der Waals surface area (Å²) in [6.07, 6.45) is 5.64. The Morgan fingerprint density at radius 3 is 2.26 bits per heavy atom. The summed E-state index contributed by atoms with van der Waals surface area (Å²) in [5, 5.41) is 3.78. The minimum atomic E-state index is -6.03. The molecule has 8 rings (SSSR count). The van der Waals surface area contributed by atoms with Crippen molar-refractivity contribution >= 4 is 66.1 Å². The number of sulfonamides is 1. The van der Waals surface area contributed by atoms with Crippen LogP contribution in [0.25, 0.3) is 5.57 Å². The molecule has 3 heterocycles. The molecule has 2 bridgehead atoms. The van der Waals surface area contributed by atoms with Gasteiger partial charge in [0.1, 0.15) is 4.90 Å². The highest BCUT2D eigenvalue weighted by atomic mass is 35.5. The maximum absolute atomic E-state index is 14.2. The van der Waals surface area contributed by atoms with Gasteiger partial charge in [-0.15, -0.1) is 11.8 Å². The molecule has 17 heteroatoms. The minimum absolute atomic E-state index is 0.00955. The maximum Gasteiger partial charge on any atom is 0.501 e. The number of amides is 1. The maximum atomic E-state index is 14.2. The first-order chi connectivity index (χ1) is 31.3. The van der Waals surface area contributed by atoms with E-state index in [1.807, 2.05) is 47.2 Å². The fourth-order valence-corrected chi connectivity index (χ4v) is 13.0. The number of thioether (sulfide) groups is 1. The molecule has 3 fully saturated rings. The monoisotopic (exact) mass is 983 g/mol. The number of halogens is 4. The molecule has 0 radical (unpaired) electrons. The standard InChI is InChI=1S/C49H57ClF3N5O5S3/c1-48(2)22-20-38(44(29-48)34-8-13-39(50)14-9-34)32-56-24-26-58(27-25-56)41-16-11-35(12-17-41)47(59)55-66(62,63)43-18-19-45(46(28-43)65(60,61)49(51,52)53)54-40(33-64-42-6-4-3-5-7-42)15-10-36-30-57-23-21-37(36)31-57/h3-9,11-14,16-19,28,36-37,40,54H,10,15,20-27,29-33H2,1-2H3,(H,55,59)/t36?,37-,40-/m1/s1. The molecule has 354 valence electrons. The van der Waals surface area contributed by atoms with E-state index in [0.29, 0.717) is 35.1 Å². The molecule has 0 spiro atoms. The van der Waals surface area contributed by atoms with Gasteiger partial charge in [-0.1, -0.05) is 61.4 Å². The van der Waals surface area contributed by atoms with Crippen molar-refractivity contribution in [3.63, 3.8) is 0 Å². The molecule has 66 heavy (non-hydrogen) atoms. The molecule has 4 atom stereocenters. The van der Waals surface area contributed by atoms with E-state index in [2.05, 4.69) is 46.0 Å². The normalized spacial score (nSPS) is 21.8.